The summed E-state index contributed by atoms with van der Waals surface area (Å²) in [4.78, 5) is 31.8. The highest BCUT2D eigenvalue weighted by Gasteiger charge is 2.32. The number of nitrogens with zero attached hydrogens (tertiary/aromatic N) is 4. The van der Waals surface area contributed by atoms with Gasteiger partial charge >= 0.3 is 6.18 Å². The summed E-state index contributed by atoms with van der Waals surface area (Å²) in [7, 11) is 0. The minimum Gasteiger partial charge on any atom is -0.336 e. The van der Waals surface area contributed by atoms with E-state index in [9.17, 15) is 27.8 Å². The van der Waals surface area contributed by atoms with Gasteiger partial charge in [-0.05, 0) is 85.1 Å². The van der Waals surface area contributed by atoms with Crippen LogP contribution in [0.25, 0.3) is 11.1 Å². The second kappa shape index (κ2) is 15.5. The van der Waals surface area contributed by atoms with Crippen molar-refractivity contribution in [1.29, 1.82) is 0 Å². The number of rotatable bonds is 13. The Morgan fingerprint density at radius 3 is 2.31 bits per heavy atom. The van der Waals surface area contributed by atoms with Crippen molar-refractivity contribution < 1.29 is 51.1 Å². The van der Waals surface area contributed by atoms with Crippen LogP contribution in [0.3, 0.4) is 0 Å². The van der Waals surface area contributed by atoms with Crippen molar-refractivity contribution in [3.8, 4) is 11.1 Å². The third kappa shape index (κ3) is 8.54. The van der Waals surface area contributed by atoms with Gasteiger partial charge in [0.1, 0.15) is 12.3 Å². The van der Waals surface area contributed by atoms with Crippen molar-refractivity contribution in [2.45, 2.75) is 70.2 Å². The molecule has 5 rings (SSSR count). The molecule has 0 saturated carbocycles. The minimum atomic E-state index is -5.25. The van der Waals surface area contributed by atoms with Crippen LogP contribution < -0.4 is 5.56 Å². The maximum absolute atomic E-state index is 15.2. The summed E-state index contributed by atoms with van der Waals surface area (Å²) in [5.74, 6) is -4.36. The first-order valence-corrected chi connectivity index (χ1v) is 15.1. The van der Waals surface area contributed by atoms with E-state index in [-0.39, 0.29) is 40.3 Å². The quantitative estimate of drug-likeness (QED) is 0.0820. The molecule has 0 saturated heterocycles. The molecule has 0 unspecified atom stereocenters. The monoisotopic (exact) mass is 701 g/mol. The van der Waals surface area contributed by atoms with Gasteiger partial charge in [-0.1, -0.05) is 73.9 Å². The predicted molar refractivity (Wildman–Crippen MR) is 181 cm³/mol. The number of carbonyl (C=O) groups excluding carboxylic acids is 1. The van der Waals surface area contributed by atoms with E-state index in [1.807, 2.05) is 0 Å². The third-order valence-corrected chi connectivity index (χ3v) is 7.79. The number of amides is 1. The fourth-order valence-corrected chi connectivity index (χ4v) is 5.38. The summed E-state index contributed by atoms with van der Waals surface area (Å²) < 4.78 is 238. The molecule has 0 radical (unpaired) electrons. The Balaban J connectivity index is 1.81. The molecule has 1 aromatic heterocycles. The zero-order valence-corrected chi connectivity index (χ0v) is 26.4. The maximum Gasteiger partial charge on any atom is 0.416 e. The first kappa shape index (κ1) is 17.1. The van der Waals surface area contributed by atoms with Gasteiger partial charge in [-0.3, -0.25) is 9.59 Å². The van der Waals surface area contributed by atoms with Crippen LogP contribution >= 0.6 is 11.8 Å². The molecule has 3 aromatic carbocycles. The molecular formula is C37H40F4N4O2S. The lowest BCUT2D eigenvalue weighted by Crippen LogP contribution is -2.40. The van der Waals surface area contributed by atoms with Crippen molar-refractivity contribution >= 4 is 17.7 Å². The van der Waals surface area contributed by atoms with Gasteiger partial charge in [0, 0.05) is 44.8 Å². The van der Waals surface area contributed by atoms with E-state index in [2.05, 4.69) is 4.98 Å². The van der Waals surface area contributed by atoms with Crippen LogP contribution in [-0.4, -0.2) is 51.2 Å². The van der Waals surface area contributed by atoms with Gasteiger partial charge in [-0.15, -0.1) is 0 Å². The molecule has 1 amide bonds. The van der Waals surface area contributed by atoms with Gasteiger partial charge < -0.3 is 14.4 Å². The largest absolute Gasteiger partial charge is 0.416 e. The molecule has 1 aliphatic carbocycles. The van der Waals surface area contributed by atoms with E-state index in [1.54, 1.807) is 0 Å². The number of halogens is 4. The molecule has 0 bridgehead atoms. The van der Waals surface area contributed by atoms with Crippen LogP contribution in [0.4, 0.5) is 17.6 Å². The molecule has 254 valence electrons. The number of thioether (sulfide) groups is 1. The van der Waals surface area contributed by atoms with Crippen LogP contribution in [0.15, 0.2) is 76.4 Å². The summed E-state index contributed by atoms with van der Waals surface area (Å²) in [6, 6.07) is -12.9. The Labute approximate surface area is 312 Å². The first-order chi connectivity index (χ1) is 31.2. The number of carbonyl (C=O) groups is 1. The van der Waals surface area contributed by atoms with Gasteiger partial charge in [0.15, 0.2) is 5.16 Å². The standard InChI is InChI=1S/C37H40F4N4O2S/c1-4-43(5-2)19-20-44(22-26-9-13-28(14-10-26)29-15-18-32(25(3)21-29)37(39,40)41)34(46)23-45-33-8-6-7-31(33)35(47)42-36(45)48-24-27-11-16-30(38)17-12-27/h9-18,21H,4-8,19-20,22-24H2,1-3H3/i4D2,5D2,9D,10D,11D,12D,13D,14D,15D,16D,17D,18D,19D2,20D2,21D,23D2. The van der Waals surface area contributed by atoms with E-state index in [0.29, 0.717) is 30.2 Å². The van der Waals surface area contributed by atoms with Crippen molar-refractivity contribution in [3.05, 3.63) is 116 Å². The molecule has 0 spiro atoms. The molecule has 0 N–H and O–H groups in total. The van der Waals surface area contributed by atoms with Crippen LogP contribution in [0.2, 0.25) is 0 Å². The van der Waals surface area contributed by atoms with Crippen molar-refractivity contribution in [1.82, 2.24) is 19.4 Å². The number of alkyl halides is 3. The second-order valence-electron chi connectivity index (χ2n) is 10.0. The lowest BCUT2D eigenvalue weighted by Gasteiger charge is -2.28. The Kier molecular flexibility index (Phi) is 5.53. The van der Waals surface area contributed by atoms with E-state index in [1.165, 1.54) is 0 Å². The fourth-order valence-electron chi connectivity index (χ4n) is 4.53. The van der Waals surface area contributed by atoms with Crippen molar-refractivity contribution in [3.63, 3.8) is 0 Å². The molecule has 48 heavy (non-hydrogen) atoms. The highest BCUT2D eigenvalue weighted by molar-refractivity contribution is 7.98. The number of benzene rings is 3. The molecule has 0 atom stereocenters. The molecule has 4 aromatic rings. The minimum absolute atomic E-state index is 0.0404. The molecule has 6 nitrogen and oxygen atoms in total. The number of hydrogen-bond acceptors (Lipinski definition) is 5. The third-order valence-electron chi connectivity index (χ3n) is 6.82. The molecule has 0 fully saturated rings. The Hall–Kier alpha value is -3.96. The lowest BCUT2D eigenvalue weighted by atomic mass is 9.98. The summed E-state index contributed by atoms with van der Waals surface area (Å²) in [5, 5.41) is -0.730. The summed E-state index contributed by atoms with van der Waals surface area (Å²) in [6.45, 7) is -18.1. The molecular weight excluding hydrogens is 640 g/mol. The summed E-state index contributed by atoms with van der Waals surface area (Å²) >= 11 is 0.352. The van der Waals surface area contributed by atoms with E-state index >= 15 is 4.79 Å². The van der Waals surface area contributed by atoms with Crippen molar-refractivity contribution in [2.75, 3.05) is 26.0 Å². The highest BCUT2D eigenvalue weighted by Crippen LogP contribution is 2.34. The topological polar surface area (TPSA) is 58.4 Å². The van der Waals surface area contributed by atoms with Gasteiger partial charge in [-0.2, -0.15) is 18.2 Å². The second-order valence-corrected chi connectivity index (χ2v) is 10.9. The normalized spacial score (nSPS) is 20.6. The maximum atomic E-state index is 15.2. The van der Waals surface area contributed by atoms with Crippen LogP contribution in [0.1, 0.15) is 82.6 Å². The average molecular weight is 702 g/mol. The number of aromatic nitrogens is 2. The van der Waals surface area contributed by atoms with E-state index < -0.39 is 173 Å². The zero-order valence-electron chi connectivity index (χ0n) is 46.6. The Bertz CT molecular complexity index is 2750. The predicted octanol–water partition coefficient (Wildman–Crippen LogP) is 7.53. The van der Waals surface area contributed by atoms with E-state index in [0.717, 1.165) is 6.92 Å². The van der Waals surface area contributed by atoms with Crippen LogP contribution in [0.5, 0.6) is 0 Å². The van der Waals surface area contributed by atoms with Crippen LogP contribution in [-0.2, 0) is 42.6 Å². The first-order valence-electron chi connectivity index (χ1n) is 24.6. The van der Waals surface area contributed by atoms with E-state index in [4.69, 9.17) is 23.3 Å². The summed E-state index contributed by atoms with van der Waals surface area (Å²) in [5.41, 5.74) is -7.44. The van der Waals surface area contributed by atoms with Gasteiger partial charge in [-0.25, -0.2) is 4.39 Å². The SMILES string of the molecule is [2H]c1c([2H])c(CSc2nc(=O)c3c(n2C([2H])([2H])C(=O)N(Cc2c([2H])c([2H])c(-c4c([2H])c([2H])c(C(F)(F)F)c(C)c4[2H])c([2H])c2[2H])C([2H])([2H])C([2H])([2H])N(C([2H])([2H])C)C([2H])([2H])C)CCC3)c([2H])c([2H])c1F. The van der Waals surface area contributed by atoms with Gasteiger partial charge in [0.25, 0.3) is 5.56 Å². The summed E-state index contributed by atoms with van der Waals surface area (Å²) in [6.07, 6.45) is -5.31. The van der Waals surface area contributed by atoms with Crippen molar-refractivity contribution in [2.24, 2.45) is 0 Å². The average Bonchev–Trinajstić information content (AvgIpc) is 3.70. The lowest BCUT2D eigenvalue weighted by molar-refractivity contribution is -0.138. The number of hydrogen-bond donors (Lipinski definition) is 0. The Morgan fingerprint density at radius 2 is 1.65 bits per heavy atom. The van der Waals surface area contributed by atoms with Crippen LogP contribution in [0, 0.1) is 12.7 Å². The molecule has 1 heterocycles. The fraction of sp³-hybridized carbons (Fsp3) is 0.378. The molecule has 11 heteroatoms. The number of likely N-dealkylation sites (N-methyl/N-ethyl adjacent to an activating group) is 1. The van der Waals surface area contributed by atoms with Gasteiger partial charge in [0.05, 0.1) is 26.1 Å². The number of fused-ring (bicyclic) bond motifs is 1. The highest BCUT2D eigenvalue weighted by atomic mass is 32.2. The van der Waals surface area contributed by atoms with Gasteiger partial charge in [0.2, 0.25) is 5.91 Å². The smallest absolute Gasteiger partial charge is 0.336 e. The zero-order chi connectivity index (χ0) is 53.0. The Morgan fingerprint density at radius 1 is 0.979 bits per heavy atom. The molecule has 1 aliphatic rings. The molecule has 0 aliphatic heterocycles.